The second-order valence-electron chi connectivity index (χ2n) is 12.8. The van der Waals surface area contributed by atoms with Crippen molar-refractivity contribution >= 4 is 29.3 Å². The minimum Gasteiger partial charge on any atom is -0.316 e. The Morgan fingerprint density at radius 2 is 1.59 bits per heavy atom. The van der Waals surface area contributed by atoms with Crippen molar-refractivity contribution < 1.29 is 26.7 Å². The fourth-order valence-electron chi connectivity index (χ4n) is 6.55. The highest BCUT2D eigenvalue weighted by atomic mass is 19.2. The average molecular weight is 726 g/mol. The number of likely N-dealkylation sites (N-methyl/N-ethyl adjacent to an activating group) is 1. The molecule has 0 bridgehead atoms. The fourth-order valence-corrected chi connectivity index (χ4v) is 6.55. The van der Waals surface area contributed by atoms with Gasteiger partial charge in [-0.25, -0.2) is 22.1 Å². The van der Waals surface area contributed by atoms with E-state index in [9.17, 15) is 0 Å². The highest BCUT2D eigenvalue weighted by Gasteiger charge is 2.33. The predicted octanol–water partition coefficient (Wildman–Crippen LogP) is 10.7. The molecule has 3 nitrogen and oxygen atoms in total. The molecule has 0 N–H and O–H groups in total. The smallest absolute Gasteiger partial charge is 0.217 e. The summed E-state index contributed by atoms with van der Waals surface area (Å²) in [5.74, 6) is -2.15. The number of rotatable bonds is 8. The van der Waals surface area contributed by atoms with E-state index in [1.165, 1.54) is 11.1 Å². The Hall–Kier alpha value is -6.18. The number of benzene rings is 1. The van der Waals surface area contributed by atoms with E-state index >= 15 is 17.6 Å². The fraction of sp³-hybridized carbons (Fsp3) is 0.191. The molecule has 1 aromatic carbocycles. The molecule has 2 aromatic heterocycles. The number of hydrogen-bond acceptors (Lipinski definition) is 0. The van der Waals surface area contributed by atoms with Gasteiger partial charge < -0.3 is 4.57 Å². The van der Waals surface area contributed by atoms with Crippen LogP contribution in [-0.4, -0.2) is 22.4 Å². The van der Waals surface area contributed by atoms with Gasteiger partial charge >= 0.3 is 0 Å². The van der Waals surface area contributed by atoms with E-state index in [4.69, 9.17) is 12.8 Å². The van der Waals surface area contributed by atoms with E-state index in [2.05, 4.69) is 47.8 Å². The van der Waals surface area contributed by atoms with Crippen molar-refractivity contribution in [3.05, 3.63) is 172 Å². The first-order chi connectivity index (χ1) is 26.1. The zero-order valence-electron chi connectivity index (χ0n) is 31.0. The topological polar surface area (TPSA) is 11.8 Å². The second kappa shape index (κ2) is 18.0. The van der Waals surface area contributed by atoms with Gasteiger partial charge in [0.15, 0.2) is 41.9 Å². The monoisotopic (exact) mass is 725 g/mol. The number of terminal acetylenes is 2. The third-order valence-electron chi connectivity index (χ3n) is 9.25. The molecule has 0 fully saturated rings. The predicted molar refractivity (Wildman–Crippen MR) is 213 cm³/mol. The molecule has 0 saturated carbocycles. The molecule has 0 saturated heterocycles. The second-order valence-corrected chi connectivity index (χ2v) is 12.8. The lowest BCUT2D eigenvalue weighted by Crippen LogP contribution is -2.30. The molecular weight excluding hydrogens is 683 g/mol. The summed E-state index contributed by atoms with van der Waals surface area (Å²) in [4.78, 5) is 0. The molecule has 3 aromatic rings. The first kappa shape index (κ1) is 39.0. The maximum Gasteiger partial charge on any atom is 0.217 e. The zero-order chi connectivity index (χ0) is 38.8. The molecule has 0 amide bonds. The number of pyridine rings is 1. The van der Waals surface area contributed by atoms with Crippen LogP contribution in [0.15, 0.2) is 126 Å². The van der Waals surface area contributed by atoms with Crippen molar-refractivity contribution in [2.45, 2.75) is 52.9 Å². The van der Waals surface area contributed by atoms with Gasteiger partial charge in [-0.2, -0.15) is 4.57 Å². The van der Waals surface area contributed by atoms with Crippen LogP contribution >= 0.6 is 0 Å². The normalized spacial score (nSPS) is 16.6. The van der Waals surface area contributed by atoms with Crippen LogP contribution in [0, 0.1) is 48.0 Å². The SMILES string of the molecule is C#CCC.C#Cc1c(F)c(F)c(/C(=C2\C=CC=[N+]2C)c2cccn2C2=CCCC=C2/C(C)=C/C=C\C=C\[n+]2ccccc2C2=CCCC=C2C)c(F)c1F. The number of aromatic nitrogens is 2. The van der Waals surface area contributed by atoms with Gasteiger partial charge in [-0.15, -0.1) is 18.8 Å². The summed E-state index contributed by atoms with van der Waals surface area (Å²) < 4.78 is 67.1. The van der Waals surface area contributed by atoms with E-state index in [-0.39, 0.29) is 5.57 Å². The summed E-state index contributed by atoms with van der Waals surface area (Å²) in [6, 6.07) is 9.59. The van der Waals surface area contributed by atoms with Crippen LogP contribution in [0.25, 0.3) is 23.0 Å². The first-order valence-electron chi connectivity index (χ1n) is 17.9. The van der Waals surface area contributed by atoms with Crippen LogP contribution in [0.3, 0.4) is 0 Å². The molecule has 3 heterocycles. The van der Waals surface area contributed by atoms with Gasteiger partial charge in [-0.3, -0.25) is 0 Å². The van der Waals surface area contributed by atoms with Crippen molar-refractivity contribution in [1.82, 2.24) is 4.57 Å². The summed E-state index contributed by atoms with van der Waals surface area (Å²) in [7, 11) is 1.70. The number of allylic oxidation sites excluding steroid dienone is 15. The largest absolute Gasteiger partial charge is 0.316 e. The summed E-state index contributed by atoms with van der Waals surface area (Å²) in [6.45, 7) is 6.09. The Bertz CT molecular complexity index is 2320. The summed E-state index contributed by atoms with van der Waals surface area (Å²) in [5, 5.41) is 0. The van der Waals surface area contributed by atoms with E-state index in [0.29, 0.717) is 11.4 Å². The van der Waals surface area contributed by atoms with Crippen LogP contribution in [0.5, 0.6) is 0 Å². The maximum absolute atomic E-state index is 15.7. The van der Waals surface area contributed by atoms with Crippen molar-refractivity contribution in [3.63, 3.8) is 0 Å². The van der Waals surface area contributed by atoms with Crippen LogP contribution in [0.1, 0.15) is 75.4 Å². The summed E-state index contributed by atoms with van der Waals surface area (Å²) >= 11 is 0. The lowest BCUT2D eigenvalue weighted by molar-refractivity contribution is -0.570. The van der Waals surface area contributed by atoms with Gasteiger partial charge in [-0.1, -0.05) is 55.4 Å². The summed E-state index contributed by atoms with van der Waals surface area (Å²) in [6.07, 6.45) is 42.0. The van der Waals surface area contributed by atoms with E-state index < -0.39 is 34.4 Å². The first-order valence-corrected chi connectivity index (χ1v) is 17.9. The van der Waals surface area contributed by atoms with Crippen molar-refractivity contribution in [2.24, 2.45) is 0 Å². The molecular formula is C47H43F4N3+2. The summed E-state index contributed by atoms with van der Waals surface area (Å²) in [5.41, 5.74) is 5.15. The maximum atomic E-state index is 15.7. The zero-order valence-corrected chi connectivity index (χ0v) is 31.0. The Morgan fingerprint density at radius 3 is 2.26 bits per heavy atom. The number of hydrogen-bond donors (Lipinski definition) is 0. The minimum absolute atomic E-state index is 0.0104. The third-order valence-corrected chi connectivity index (χ3v) is 9.25. The quantitative estimate of drug-likeness (QED) is 0.0721. The van der Waals surface area contributed by atoms with E-state index in [1.54, 1.807) is 54.2 Å². The Morgan fingerprint density at radius 1 is 0.889 bits per heavy atom. The Kier molecular flexibility index (Phi) is 13.0. The van der Waals surface area contributed by atoms with E-state index in [0.717, 1.165) is 54.6 Å². The van der Waals surface area contributed by atoms with Gasteiger partial charge in [0.25, 0.3) is 0 Å². The molecule has 272 valence electrons. The standard InChI is InChI=1S/C43H37F4N3.C4H6/c1-5-31-40(44)42(46)39(43(47)41(31)45)38(36-23-15-25-48(36)4)37-24-16-28-50(37)35-22-11-10-20-33(35)30(3)17-7-6-13-26-49-27-14-12-21-34(49)32-19-9-8-18-29(32)2;1-3-4-2/h1,6-7,12-28H,8-11H2,2-4H3;1H,4H2,2H3/q+2;/b7-6-,26-13+,30-17+;. The molecule has 3 aliphatic rings. The number of nitrogens with zero attached hydrogens (tertiary/aromatic N) is 3. The van der Waals surface area contributed by atoms with Crippen LogP contribution in [0.4, 0.5) is 17.6 Å². The Balaban J connectivity index is 0.00000133. The molecule has 2 aliphatic carbocycles. The van der Waals surface area contributed by atoms with Crippen molar-refractivity contribution in [2.75, 3.05) is 7.05 Å². The number of halogens is 4. The van der Waals surface area contributed by atoms with Gasteiger partial charge in [0.2, 0.25) is 11.4 Å². The van der Waals surface area contributed by atoms with Crippen molar-refractivity contribution in [1.29, 1.82) is 0 Å². The van der Waals surface area contributed by atoms with Gasteiger partial charge in [-0.05, 0) is 74.4 Å². The third kappa shape index (κ3) is 8.22. The van der Waals surface area contributed by atoms with Gasteiger partial charge in [0.1, 0.15) is 12.6 Å². The molecule has 1 aliphatic heterocycles. The van der Waals surface area contributed by atoms with Gasteiger partial charge in [0.05, 0.1) is 16.8 Å². The van der Waals surface area contributed by atoms with Crippen molar-refractivity contribution in [3.8, 4) is 24.7 Å². The highest BCUT2D eigenvalue weighted by Crippen LogP contribution is 2.39. The lowest BCUT2D eigenvalue weighted by Gasteiger charge is -2.22. The van der Waals surface area contributed by atoms with Crippen LogP contribution in [0.2, 0.25) is 0 Å². The van der Waals surface area contributed by atoms with Crippen LogP contribution in [-0.2, 0) is 0 Å². The molecule has 7 heteroatoms. The molecule has 0 spiro atoms. The molecule has 0 atom stereocenters. The van der Waals surface area contributed by atoms with Crippen LogP contribution < -0.4 is 4.57 Å². The molecule has 0 unspecified atom stereocenters. The minimum atomic E-state index is -1.61. The Labute approximate surface area is 316 Å². The molecule has 0 radical (unpaired) electrons. The highest BCUT2D eigenvalue weighted by molar-refractivity contribution is 5.88. The molecule has 54 heavy (non-hydrogen) atoms. The lowest BCUT2D eigenvalue weighted by atomic mass is 9.94. The van der Waals surface area contributed by atoms with E-state index in [1.807, 2.05) is 67.2 Å². The molecule has 6 rings (SSSR count). The van der Waals surface area contributed by atoms with Gasteiger partial charge in [0, 0.05) is 54.2 Å². The average Bonchev–Trinajstić information content (AvgIpc) is 3.85.